The summed E-state index contributed by atoms with van der Waals surface area (Å²) in [7, 11) is 2.00. The van der Waals surface area contributed by atoms with Crippen LogP contribution in [-0.2, 0) is 17.6 Å². The minimum atomic E-state index is -0.931. The standard InChI is InChI=1S/C17H24N2O3S/c1-17(2)6-4-12-11(8-17)13(16(21)22)15(23-12)18-14(20)10-5-7-19(3)9-10/h10H,4-9H2,1-3H3,(H,18,20)(H,21,22)/t10-/m0/s1. The monoisotopic (exact) mass is 336 g/mol. The van der Waals surface area contributed by atoms with Crippen molar-refractivity contribution in [2.45, 2.75) is 39.5 Å². The van der Waals surface area contributed by atoms with Crippen LogP contribution in [0.25, 0.3) is 0 Å². The second-order valence-electron chi connectivity index (χ2n) is 7.59. The molecule has 2 heterocycles. The molecule has 0 radical (unpaired) electrons. The number of anilines is 1. The fourth-order valence-corrected chi connectivity index (χ4v) is 4.81. The number of aryl methyl sites for hydroxylation is 1. The van der Waals surface area contributed by atoms with E-state index in [0.29, 0.717) is 10.6 Å². The van der Waals surface area contributed by atoms with Gasteiger partial charge in [-0.2, -0.15) is 0 Å². The summed E-state index contributed by atoms with van der Waals surface area (Å²) in [4.78, 5) is 27.5. The number of nitrogens with zero attached hydrogens (tertiary/aromatic N) is 1. The van der Waals surface area contributed by atoms with Gasteiger partial charge in [-0.1, -0.05) is 13.8 Å². The number of hydrogen-bond acceptors (Lipinski definition) is 4. The molecule has 1 saturated heterocycles. The summed E-state index contributed by atoms with van der Waals surface area (Å²) in [6.45, 7) is 6.00. The number of carbonyl (C=O) groups is 2. The molecular formula is C17H24N2O3S. The molecule has 2 aliphatic rings. The zero-order chi connectivity index (χ0) is 16.8. The molecule has 0 aromatic carbocycles. The van der Waals surface area contributed by atoms with Gasteiger partial charge in [0.1, 0.15) is 5.00 Å². The molecule has 5 nitrogen and oxygen atoms in total. The van der Waals surface area contributed by atoms with Gasteiger partial charge in [0.25, 0.3) is 0 Å². The van der Waals surface area contributed by atoms with E-state index in [9.17, 15) is 14.7 Å². The lowest BCUT2D eigenvalue weighted by Gasteiger charge is -2.29. The summed E-state index contributed by atoms with van der Waals surface area (Å²) in [6, 6.07) is 0. The first-order valence-electron chi connectivity index (χ1n) is 8.14. The van der Waals surface area contributed by atoms with Crippen molar-refractivity contribution in [2.75, 3.05) is 25.5 Å². The minimum absolute atomic E-state index is 0.0442. The number of hydrogen-bond donors (Lipinski definition) is 2. The predicted octanol–water partition coefficient (Wildman–Crippen LogP) is 2.85. The van der Waals surface area contributed by atoms with Crippen LogP contribution < -0.4 is 5.32 Å². The zero-order valence-corrected chi connectivity index (χ0v) is 14.8. The largest absolute Gasteiger partial charge is 0.478 e. The van der Waals surface area contributed by atoms with Crippen LogP contribution >= 0.6 is 11.3 Å². The Morgan fingerprint density at radius 2 is 2.13 bits per heavy atom. The van der Waals surface area contributed by atoms with Crippen molar-refractivity contribution >= 4 is 28.2 Å². The maximum Gasteiger partial charge on any atom is 0.339 e. The van der Waals surface area contributed by atoms with E-state index in [0.717, 1.165) is 49.2 Å². The summed E-state index contributed by atoms with van der Waals surface area (Å²) < 4.78 is 0. The van der Waals surface area contributed by atoms with Crippen LogP contribution in [0.3, 0.4) is 0 Å². The molecule has 0 unspecified atom stereocenters. The molecule has 0 spiro atoms. The van der Waals surface area contributed by atoms with Gasteiger partial charge in [0.05, 0.1) is 11.5 Å². The SMILES string of the molecule is CN1CC[C@H](C(=O)Nc2sc3c(c2C(=O)O)CC(C)(C)CC3)C1. The lowest BCUT2D eigenvalue weighted by molar-refractivity contribution is -0.119. The van der Waals surface area contributed by atoms with Crippen molar-refractivity contribution in [1.82, 2.24) is 4.90 Å². The number of nitrogens with one attached hydrogen (secondary N) is 1. The van der Waals surface area contributed by atoms with Crippen LogP contribution in [0.1, 0.15) is 47.5 Å². The van der Waals surface area contributed by atoms with Crippen molar-refractivity contribution < 1.29 is 14.7 Å². The second kappa shape index (κ2) is 5.91. The van der Waals surface area contributed by atoms with Gasteiger partial charge in [0.2, 0.25) is 5.91 Å². The molecular weight excluding hydrogens is 312 g/mol. The van der Waals surface area contributed by atoms with E-state index in [1.807, 2.05) is 7.05 Å². The van der Waals surface area contributed by atoms with Gasteiger partial charge in [-0.15, -0.1) is 11.3 Å². The molecule has 1 fully saturated rings. The van der Waals surface area contributed by atoms with Crippen molar-refractivity contribution in [3.8, 4) is 0 Å². The maximum atomic E-state index is 12.5. The number of carbonyl (C=O) groups excluding carboxylic acids is 1. The smallest absolute Gasteiger partial charge is 0.339 e. The molecule has 0 saturated carbocycles. The van der Waals surface area contributed by atoms with Crippen LogP contribution in [0.4, 0.5) is 5.00 Å². The van der Waals surface area contributed by atoms with Crippen molar-refractivity contribution in [3.05, 3.63) is 16.0 Å². The highest BCUT2D eigenvalue weighted by atomic mass is 32.1. The molecule has 0 bridgehead atoms. The molecule has 1 aliphatic heterocycles. The molecule has 1 atom stereocenters. The van der Waals surface area contributed by atoms with Crippen LogP contribution in [0, 0.1) is 11.3 Å². The van der Waals surface area contributed by atoms with E-state index in [1.165, 1.54) is 11.3 Å². The second-order valence-corrected chi connectivity index (χ2v) is 8.70. The fourth-order valence-electron chi connectivity index (χ4n) is 3.60. The van der Waals surface area contributed by atoms with E-state index < -0.39 is 5.97 Å². The number of rotatable bonds is 3. The van der Waals surface area contributed by atoms with Crippen LogP contribution in [-0.4, -0.2) is 42.0 Å². The van der Waals surface area contributed by atoms with E-state index >= 15 is 0 Å². The molecule has 3 rings (SSSR count). The average molecular weight is 336 g/mol. The summed E-state index contributed by atoms with van der Waals surface area (Å²) in [5.74, 6) is -1.02. The molecule has 6 heteroatoms. The van der Waals surface area contributed by atoms with Gasteiger partial charge in [0, 0.05) is 11.4 Å². The highest BCUT2D eigenvalue weighted by molar-refractivity contribution is 7.17. The van der Waals surface area contributed by atoms with Crippen LogP contribution in [0.5, 0.6) is 0 Å². The first-order chi connectivity index (χ1) is 10.8. The number of aromatic carboxylic acids is 1. The Labute approximate surface area is 140 Å². The van der Waals surface area contributed by atoms with Gasteiger partial charge in [-0.05, 0) is 50.3 Å². The Balaban J connectivity index is 1.86. The topological polar surface area (TPSA) is 69.6 Å². The van der Waals surface area contributed by atoms with Gasteiger partial charge < -0.3 is 15.3 Å². The molecule has 1 aromatic rings. The Hall–Kier alpha value is -1.40. The number of fused-ring (bicyclic) bond motifs is 1. The molecule has 1 amide bonds. The highest BCUT2D eigenvalue weighted by Crippen LogP contribution is 2.43. The Morgan fingerprint density at radius 1 is 1.39 bits per heavy atom. The van der Waals surface area contributed by atoms with E-state index in [1.54, 1.807) is 0 Å². The van der Waals surface area contributed by atoms with Crippen molar-refractivity contribution in [3.63, 3.8) is 0 Å². The van der Waals surface area contributed by atoms with Crippen LogP contribution in [0.2, 0.25) is 0 Å². The third-order valence-corrected chi connectivity index (χ3v) is 6.19. The zero-order valence-electron chi connectivity index (χ0n) is 13.9. The summed E-state index contributed by atoms with van der Waals surface area (Å²) in [5.41, 5.74) is 1.36. The maximum absolute atomic E-state index is 12.5. The summed E-state index contributed by atoms with van der Waals surface area (Å²) in [5, 5.41) is 13.1. The number of amides is 1. The number of likely N-dealkylation sites (tertiary alicyclic amines) is 1. The summed E-state index contributed by atoms with van der Waals surface area (Å²) >= 11 is 1.45. The normalized spacial score (nSPS) is 23.5. The minimum Gasteiger partial charge on any atom is -0.478 e. The van der Waals surface area contributed by atoms with E-state index in [2.05, 4.69) is 24.1 Å². The Kier molecular flexibility index (Phi) is 4.23. The predicted molar refractivity (Wildman–Crippen MR) is 91.3 cm³/mol. The van der Waals surface area contributed by atoms with Crippen molar-refractivity contribution in [2.24, 2.45) is 11.3 Å². The fraction of sp³-hybridized carbons (Fsp3) is 0.647. The number of carboxylic acids is 1. The van der Waals surface area contributed by atoms with Gasteiger partial charge in [-0.25, -0.2) is 4.79 Å². The third kappa shape index (κ3) is 3.28. The van der Waals surface area contributed by atoms with E-state index in [4.69, 9.17) is 0 Å². The van der Waals surface area contributed by atoms with E-state index in [-0.39, 0.29) is 17.2 Å². The molecule has 1 aliphatic carbocycles. The molecule has 23 heavy (non-hydrogen) atoms. The molecule has 2 N–H and O–H groups in total. The average Bonchev–Trinajstić information content (AvgIpc) is 3.01. The van der Waals surface area contributed by atoms with Gasteiger partial charge in [-0.3, -0.25) is 4.79 Å². The quantitative estimate of drug-likeness (QED) is 0.890. The first kappa shape index (κ1) is 16.5. The third-order valence-electron chi connectivity index (χ3n) is 4.99. The first-order valence-corrected chi connectivity index (χ1v) is 8.96. The lowest BCUT2D eigenvalue weighted by Crippen LogP contribution is -2.26. The molecule has 1 aromatic heterocycles. The Bertz CT molecular complexity index is 651. The lowest BCUT2D eigenvalue weighted by atomic mass is 9.76. The van der Waals surface area contributed by atoms with Gasteiger partial charge >= 0.3 is 5.97 Å². The number of thiophene rings is 1. The Morgan fingerprint density at radius 3 is 2.74 bits per heavy atom. The number of carboxylic acid groups (broad SMARTS) is 1. The highest BCUT2D eigenvalue weighted by Gasteiger charge is 2.34. The van der Waals surface area contributed by atoms with Gasteiger partial charge in [0.15, 0.2) is 0 Å². The van der Waals surface area contributed by atoms with Crippen LogP contribution in [0.15, 0.2) is 0 Å². The summed E-state index contributed by atoms with van der Waals surface area (Å²) in [6.07, 6.45) is 3.56. The molecule has 126 valence electrons. The van der Waals surface area contributed by atoms with Crippen molar-refractivity contribution in [1.29, 1.82) is 0 Å².